The Morgan fingerprint density at radius 2 is 1.67 bits per heavy atom. The molecule has 114 valence electrons. The molecule has 1 aromatic rings. The molecule has 0 saturated heterocycles. The first-order chi connectivity index (χ1) is 9.88. The van der Waals surface area contributed by atoms with Crippen LogP contribution in [0.2, 0.25) is 0 Å². The maximum atomic E-state index is 11.6. The van der Waals surface area contributed by atoms with Gasteiger partial charge in [-0.25, -0.2) is 4.79 Å². The second-order valence-electron chi connectivity index (χ2n) is 5.14. The summed E-state index contributed by atoms with van der Waals surface area (Å²) in [5.41, 5.74) is 1.13. The van der Waals surface area contributed by atoms with Crippen molar-refractivity contribution in [1.29, 1.82) is 0 Å². The average Bonchev–Trinajstić information content (AvgIpc) is 2.43. The van der Waals surface area contributed by atoms with Gasteiger partial charge in [-0.05, 0) is 37.1 Å². The molecule has 0 aliphatic heterocycles. The summed E-state index contributed by atoms with van der Waals surface area (Å²) in [4.78, 5) is 34.2. The highest BCUT2D eigenvalue weighted by Crippen LogP contribution is 2.09. The average molecular weight is 291 g/mol. The normalized spacial score (nSPS) is 10.1. The molecular formula is C15H21N3O3. The molecule has 0 aliphatic carbocycles. The third-order valence-electron chi connectivity index (χ3n) is 2.67. The zero-order valence-electron chi connectivity index (χ0n) is 12.5. The zero-order valence-corrected chi connectivity index (χ0v) is 12.5. The van der Waals surface area contributed by atoms with Crippen molar-refractivity contribution in [3.05, 3.63) is 29.8 Å². The number of carbonyl (C=O) groups is 3. The van der Waals surface area contributed by atoms with Crippen LogP contribution in [0.1, 0.15) is 31.1 Å². The van der Waals surface area contributed by atoms with Gasteiger partial charge in [-0.3, -0.25) is 9.59 Å². The molecule has 6 nitrogen and oxygen atoms in total. The highest BCUT2D eigenvalue weighted by atomic mass is 16.2. The largest absolute Gasteiger partial charge is 0.354 e. The van der Waals surface area contributed by atoms with Crippen LogP contribution in [0.15, 0.2) is 24.3 Å². The van der Waals surface area contributed by atoms with Gasteiger partial charge in [-0.2, -0.15) is 0 Å². The number of rotatable bonds is 6. The quantitative estimate of drug-likeness (QED) is 0.698. The summed E-state index contributed by atoms with van der Waals surface area (Å²) >= 11 is 0. The Balaban J connectivity index is 2.36. The molecule has 6 heteroatoms. The summed E-state index contributed by atoms with van der Waals surface area (Å²) in [5.74, 6) is 0.0983. The molecule has 0 fully saturated rings. The fourth-order valence-electron chi connectivity index (χ4n) is 1.50. The first-order valence-corrected chi connectivity index (χ1v) is 6.81. The van der Waals surface area contributed by atoms with Crippen molar-refractivity contribution in [2.45, 2.75) is 20.8 Å². The lowest BCUT2D eigenvalue weighted by molar-refractivity contribution is -0.120. The minimum atomic E-state index is -0.467. The van der Waals surface area contributed by atoms with Crippen LogP contribution < -0.4 is 16.0 Å². The Morgan fingerprint density at radius 1 is 1.05 bits per heavy atom. The van der Waals surface area contributed by atoms with Crippen LogP contribution in [0.3, 0.4) is 0 Å². The van der Waals surface area contributed by atoms with Gasteiger partial charge in [0.15, 0.2) is 5.78 Å². The van der Waals surface area contributed by atoms with Crippen LogP contribution in [0.25, 0.3) is 0 Å². The second-order valence-corrected chi connectivity index (χ2v) is 5.14. The lowest BCUT2D eigenvalue weighted by Crippen LogP contribution is -2.39. The van der Waals surface area contributed by atoms with E-state index in [9.17, 15) is 14.4 Å². The van der Waals surface area contributed by atoms with E-state index in [4.69, 9.17) is 0 Å². The van der Waals surface area contributed by atoms with Crippen molar-refractivity contribution in [1.82, 2.24) is 10.6 Å². The first-order valence-electron chi connectivity index (χ1n) is 6.81. The summed E-state index contributed by atoms with van der Waals surface area (Å²) in [6.07, 6.45) is 0. The minimum absolute atomic E-state index is 0.0344. The smallest absolute Gasteiger partial charge is 0.319 e. The molecule has 0 saturated carbocycles. The highest BCUT2D eigenvalue weighted by Gasteiger charge is 2.06. The van der Waals surface area contributed by atoms with Gasteiger partial charge in [-0.15, -0.1) is 0 Å². The zero-order chi connectivity index (χ0) is 15.8. The Labute approximate surface area is 124 Å². The number of nitrogens with one attached hydrogen (secondary N) is 3. The van der Waals surface area contributed by atoms with Gasteiger partial charge in [0.05, 0.1) is 6.54 Å². The number of amides is 3. The number of carbonyl (C=O) groups excluding carboxylic acids is 3. The summed E-state index contributed by atoms with van der Waals surface area (Å²) < 4.78 is 0. The Hall–Kier alpha value is -2.37. The molecule has 0 aromatic heterocycles. The van der Waals surface area contributed by atoms with Gasteiger partial charge in [0.1, 0.15) is 0 Å². The number of benzene rings is 1. The number of hydrogen-bond acceptors (Lipinski definition) is 3. The van der Waals surface area contributed by atoms with E-state index in [1.54, 1.807) is 24.3 Å². The fourth-order valence-corrected chi connectivity index (χ4v) is 1.50. The molecule has 3 N–H and O–H groups in total. The molecule has 0 radical (unpaired) electrons. The van der Waals surface area contributed by atoms with E-state index in [0.29, 0.717) is 23.7 Å². The van der Waals surface area contributed by atoms with Crippen LogP contribution in [0.4, 0.5) is 10.5 Å². The Morgan fingerprint density at radius 3 is 2.19 bits per heavy atom. The van der Waals surface area contributed by atoms with Crippen molar-refractivity contribution >= 4 is 23.4 Å². The minimum Gasteiger partial charge on any atom is -0.354 e. The summed E-state index contributed by atoms with van der Waals surface area (Å²) in [5, 5.41) is 7.75. The SMILES string of the molecule is CC(=O)c1ccc(NC(=O)NCC(=O)NCC(C)C)cc1. The standard InChI is InChI=1S/C15H21N3O3/c1-10(2)8-16-14(20)9-17-15(21)18-13-6-4-12(5-7-13)11(3)19/h4-7,10H,8-9H2,1-3H3,(H,16,20)(H2,17,18,21). The van der Waals surface area contributed by atoms with Gasteiger partial charge in [-0.1, -0.05) is 13.8 Å². The maximum absolute atomic E-state index is 11.6. The molecule has 0 bridgehead atoms. The number of anilines is 1. The molecule has 0 aliphatic rings. The monoisotopic (exact) mass is 291 g/mol. The summed E-state index contributed by atoms with van der Waals surface area (Å²) in [6.45, 7) is 5.96. The molecule has 21 heavy (non-hydrogen) atoms. The molecule has 0 atom stereocenters. The lowest BCUT2D eigenvalue weighted by atomic mass is 10.1. The van der Waals surface area contributed by atoms with Crippen molar-refractivity contribution in [2.24, 2.45) is 5.92 Å². The van der Waals surface area contributed by atoms with Crippen LogP contribution in [0, 0.1) is 5.92 Å². The number of urea groups is 1. The lowest BCUT2D eigenvalue weighted by Gasteiger charge is -2.09. The molecule has 0 spiro atoms. The molecule has 1 aromatic carbocycles. The van der Waals surface area contributed by atoms with Crippen LogP contribution in [0.5, 0.6) is 0 Å². The molecule has 3 amide bonds. The maximum Gasteiger partial charge on any atom is 0.319 e. The van der Waals surface area contributed by atoms with E-state index in [1.807, 2.05) is 13.8 Å². The van der Waals surface area contributed by atoms with Gasteiger partial charge in [0.25, 0.3) is 0 Å². The first kappa shape index (κ1) is 16.7. The van der Waals surface area contributed by atoms with Crippen molar-refractivity contribution in [2.75, 3.05) is 18.4 Å². The third kappa shape index (κ3) is 6.56. The van der Waals surface area contributed by atoms with Crippen molar-refractivity contribution < 1.29 is 14.4 Å². The number of ketones is 1. The number of Topliss-reactive ketones (excluding diaryl/α,β-unsaturated/α-hetero) is 1. The summed E-state index contributed by atoms with van der Waals surface area (Å²) in [7, 11) is 0. The van der Waals surface area contributed by atoms with Gasteiger partial charge < -0.3 is 16.0 Å². The van der Waals surface area contributed by atoms with Gasteiger partial charge in [0, 0.05) is 17.8 Å². The Bertz CT molecular complexity index is 509. The highest BCUT2D eigenvalue weighted by molar-refractivity contribution is 5.95. The van der Waals surface area contributed by atoms with E-state index >= 15 is 0 Å². The van der Waals surface area contributed by atoms with E-state index in [-0.39, 0.29) is 18.2 Å². The third-order valence-corrected chi connectivity index (χ3v) is 2.67. The van der Waals surface area contributed by atoms with E-state index < -0.39 is 6.03 Å². The Kier molecular flexibility index (Phi) is 6.39. The van der Waals surface area contributed by atoms with E-state index in [0.717, 1.165) is 0 Å². The predicted molar refractivity (Wildman–Crippen MR) is 81.3 cm³/mol. The van der Waals surface area contributed by atoms with Gasteiger partial charge >= 0.3 is 6.03 Å². The van der Waals surface area contributed by atoms with Gasteiger partial charge in [0.2, 0.25) is 5.91 Å². The predicted octanol–water partition coefficient (Wildman–Crippen LogP) is 1.78. The molecule has 0 unspecified atom stereocenters. The number of hydrogen-bond donors (Lipinski definition) is 3. The molecular weight excluding hydrogens is 270 g/mol. The fraction of sp³-hybridized carbons (Fsp3) is 0.400. The van der Waals surface area contributed by atoms with E-state index in [1.165, 1.54) is 6.92 Å². The van der Waals surface area contributed by atoms with Crippen molar-refractivity contribution in [3.8, 4) is 0 Å². The topological polar surface area (TPSA) is 87.3 Å². The summed E-state index contributed by atoms with van der Waals surface area (Å²) in [6, 6.07) is 6.07. The van der Waals surface area contributed by atoms with E-state index in [2.05, 4.69) is 16.0 Å². The van der Waals surface area contributed by atoms with Crippen LogP contribution >= 0.6 is 0 Å². The molecule has 0 heterocycles. The molecule has 1 rings (SSSR count). The van der Waals surface area contributed by atoms with Crippen molar-refractivity contribution in [3.63, 3.8) is 0 Å². The van der Waals surface area contributed by atoms with Crippen LogP contribution in [-0.2, 0) is 4.79 Å². The van der Waals surface area contributed by atoms with Crippen LogP contribution in [-0.4, -0.2) is 30.8 Å². The second kappa shape index (κ2) is 8.04.